The second-order valence-electron chi connectivity index (χ2n) is 5.54. The van der Waals surface area contributed by atoms with Gasteiger partial charge in [-0.15, -0.1) is 0 Å². The monoisotopic (exact) mass is 327 g/mol. The van der Waals surface area contributed by atoms with Crippen molar-refractivity contribution < 1.29 is 14.3 Å². The Balaban J connectivity index is 1.91. The maximum atomic E-state index is 12.0. The van der Waals surface area contributed by atoms with Crippen LogP contribution in [0.1, 0.15) is 32.3 Å². The Kier molecular flexibility index (Phi) is 7.15. The largest absolute Gasteiger partial charge is 0.489 e. The molecule has 0 amide bonds. The molecule has 2 aromatic carbocycles. The van der Waals surface area contributed by atoms with Gasteiger partial charge in [-0.25, -0.2) is 4.79 Å². The van der Waals surface area contributed by atoms with Crippen molar-refractivity contribution in [2.24, 2.45) is 0 Å². The zero-order valence-electron chi connectivity index (χ0n) is 14.3. The van der Waals surface area contributed by atoms with Crippen LogP contribution in [0, 0.1) is 0 Å². The number of anilines is 1. The van der Waals surface area contributed by atoms with Crippen LogP contribution in [0.15, 0.2) is 54.6 Å². The fourth-order valence-electron chi connectivity index (χ4n) is 2.37. The topological polar surface area (TPSA) is 47.6 Å². The van der Waals surface area contributed by atoms with Crippen LogP contribution >= 0.6 is 0 Å². The minimum atomic E-state index is -0.314. The third-order valence-electron chi connectivity index (χ3n) is 3.59. The second-order valence-corrected chi connectivity index (χ2v) is 5.54. The lowest BCUT2D eigenvalue weighted by Gasteiger charge is -2.18. The van der Waals surface area contributed by atoms with Gasteiger partial charge in [-0.3, -0.25) is 0 Å². The van der Waals surface area contributed by atoms with Crippen LogP contribution in [0.4, 0.5) is 5.69 Å². The molecular formula is C20H25NO3. The van der Waals surface area contributed by atoms with E-state index in [2.05, 4.69) is 12.2 Å². The molecule has 0 aromatic heterocycles. The van der Waals surface area contributed by atoms with Gasteiger partial charge >= 0.3 is 5.97 Å². The van der Waals surface area contributed by atoms with Gasteiger partial charge in [0, 0.05) is 5.69 Å². The molecule has 0 aliphatic heterocycles. The molecule has 0 heterocycles. The van der Waals surface area contributed by atoms with E-state index in [0.717, 1.165) is 29.8 Å². The first-order valence-electron chi connectivity index (χ1n) is 8.43. The van der Waals surface area contributed by atoms with Crippen LogP contribution in [0.2, 0.25) is 0 Å². The molecule has 4 nitrogen and oxygen atoms in total. The van der Waals surface area contributed by atoms with E-state index in [1.807, 2.05) is 61.5 Å². The van der Waals surface area contributed by atoms with Crippen molar-refractivity contribution in [2.75, 3.05) is 11.9 Å². The average Bonchev–Trinajstić information content (AvgIpc) is 2.62. The van der Waals surface area contributed by atoms with Gasteiger partial charge in [0.05, 0.1) is 6.61 Å². The fourth-order valence-corrected chi connectivity index (χ4v) is 2.37. The molecule has 0 radical (unpaired) electrons. The maximum absolute atomic E-state index is 12.0. The number of hydrogen-bond acceptors (Lipinski definition) is 4. The predicted octanol–water partition coefficient (Wildman–Crippen LogP) is 4.41. The van der Waals surface area contributed by atoms with Crippen molar-refractivity contribution in [3.63, 3.8) is 0 Å². The van der Waals surface area contributed by atoms with Gasteiger partial charge in [0.2, 0.25) is 0 Å². The highest BCUT2D eigenvalue weighted by Gasteiger charge is 2.18. The zero-order valence-corrected chi connectivity index (χ0v) is 14.3. The molecule has 0 bridgehead atoms. The highest BCUT2D eigenvalue weighted by molar-refractivity contribution is 5.79. The average molecular weight is 327 g/mol. The second kappa shape index (κ2) is 9.60. The Morgan fingerprint density at radius 1 is 1.04 bits per heavy atom. The lowest BCUT2D eigenvalue weighted by Crippen LogP contribution is -2.31. The molecule has 0 saturated heterocycles. The quantitative estimate of drug-likeness (QED) is 0.693. The maximum Gasteiger partial charge on any atom is 0.328 e. The van der Waals surface area contributed by atoms with E-state index >= 15 is 0 Å². The molecule has 0 spiro atoms. The van der Waals surface area contributed by atoms with E-state index < -0.39 is 0 Å². The summed E-state index contributed by atoms with van der Waals surface area (Å²) in [6.45, 7) is 4.80. The van der Waals surface area contributed by atoms with Crippen LogP contribution < -0.4 is 10.1 Å². The van der Waals surface area contributed by atoms with E-state index in [0.29, 0.717) is 13.2 Å². The standard InChI is InChI=1S/C20H25NO3/c1-3-8-19(20(22)23-4-2)21-17-11-13-18(14-12-17)24-15-16-9-6-5-7-10-16/h5-7,9-14,19,21H,3-4,8,15H2,1-2H3. The lowest BCUT2D eigenvalue weighted by atomic mass is 10.1. The number of carbonyl (C=O) groups excluding carboxylic acids is 1. The summed E-state index contributed by atoms with van der Waals surface area (Å²) in [5.74, 6) is 0.594. The Hall–Kier alpha value is -2.49. The summed E-state index contributed by atoms with van der Waals surface area (Å²) in [5, 5.41) is 3.24. The number of benzene rings is 2. The smallest absolute Gasteiger partial charge is 0.328 e. The Morgan fingerprint density at radius 3 is 2.38 bits per heavy atom. The van der Waals surface area contributed by atoms with E-state index in [1.165, 1.54) is 0 Å². The van der Waals surface area contributed by atoms with Crippen molar-refractivity contribution >= 4 is 11.7 Å². The molecule has 1 N–H and O–H groups in total. The van der Waals surface area contributed by atoms with Crippen molar-refractivity contribution in [1.29, 1.82) is 0 Å². The van der Waals surface area contributed by atoms with Gasteiger partial charge in [-0.05, 0) is 43.2 Å². The first-order valence-corrected chi connectivity index (χ1v) is 8.43. The molecule has 1 atom stereocenters. The molecule has 2 rings (SSSR count). The highest BCUT2D eigenvalue weighted by atomic mass is 16.5. The number of hydrogen-bond donors (Lipinski definition) is 1. The number of nitrogens with one attached hydrogen (secondary N) is 1. The minimum absolute atomic E-state index is 0.205. The SMILES string of the molecule is CCCC(Nc1ccc(OCc2ccccc2)cc1)C(=O)OCC. The van der Waals surface area contributed by atoms with Crippen LogP contribution in [0.5, 0.6) is 5.75 Å². The first-order chi connectivity index (χ1) is 11.7. The minimum Gasteiger partial charge on any atom is -0.489 e. The Labute approximate surface area is 143 Å². The molecule has 24 heavy (non-hydrogen) atoms. The molecule has 1 unspecified atom stereocenters. The van der Waals surface area contributed by atoms with Gasteiger partial charge in [-0.1, -0.05) is 43.7 Å². The molecular weight excluding hydrogens is 302 g/mol. The van der Waals surface area contributed by atoms with E-state index in [4.69, 9.17) is 9.47 Å². The van der Waals surface area contributed by atoms with Crippen LogP contribution in [-0.4, -0.2) is 18.6 Å². The van der Waals surface area contributed by atoms with Crippen LogP contribution in [0.25, 0.3) is 0 Å². The van der Waals surface area contributed by atoms with Crippen LogP contribution in [0.3, 0.4) is 0 Å². The summed E-state index contributed by atoms with van der Waals surface area (Å²) >= 11 is 0. The summed E-state index contributed by atoms with van der Waals surface area (Å²) in [7, 11) is 0. The summed E-state index contributed by atoms with van der Waals surface area (Å²) in [4.78, 5) is 12.0. The number of esters is 1. The lowest BCUT2D eigenvalue weighted by molar-refractivity contribution is -0.144. The molecule has 0 saturated carbocycles. The summed E-state index contributed by atoms with van der Waals surface area (Å²) in [6, 6.07) is 17.4. The zero-order chi connectivity index (χ0) is 17.2. The van der Waals surface area contributed by atoms with Gasteiger partial charge in [0.25, 0.3) is 0 Å². The van der Waals surface area contributed by atoms with Crippen molar-refractivity contribution in [1.82, 2.24) is 0 Å². The number of ether oxygens (including phenoxy) is 2. The number of carbonyl (C=O) groups is 1. The summed E-state index contributed by atoms with van der Waals surface area (Å²) in [6.07, 6.45) is 1.65. The third-order valence-corrected chi connectivity index (χ3v) is 3.59. The molecule has 0 aliphatic rings. The van der Waals surface area contributed by atoms with Crippen LogP contribution in [-0.2, 0) is 16.1 Å². The van der Waals surface area contributed by atoms with Crippen molar-refractivity contribution in [3.05, 3.63) is 60.2 Å². The van der Waals surface area contributed by atoms with E-state index in [-0.39, 0.29) is 12.0 Å². The molecule has 2 aromatic rings. The molecule has 4 heteroatoms. The predicted molar refractivity (Wildman–Crippen MR) is 96.2 cm³/mol. The fraction of sp³-hybridized carbons (Fsp3) is 0.350. The molecule has 0 aliphatic carbocycles. The summed E-state index contributed by atoms with van der Waals surface area (Å²) in [5.41, 5.74) is 2.01. The number of rotatable bonds is 9. The van der Waals surface area contributed by atoms with Gasteiger partial charge in [0.1, 0.15) is 18.4 Å². The van der Waals surface area contributed by atoms with E-state index in [1.54, 1.807) is 0 Å². The van der Waals surface area contributed by atoms with Gasteiger partial charge in [-0.2, -0.15) is 0 Å². The van der Waals surface area contributed by atoms with Crippen molar-refractivity contribution in [3.8, 4) is 5.75 Å². The normalized spacial score (nSPS) is 11.6. The van der Waals surface area contributed by atoms with Crippen molar-refractivity contribution in [2.45, 2.75) is 39.3 Å². The first kappa shape index (κ1) is 17.9. The van der Waals surface area contributed by atoms with Gasteiger partial charge < -0.3 is 14.8 Å². The van der Waals surface area contributed by atoms with Gasteiger partial charge in [0.15, 0.2) is 0 Å². The Morgan fingerprint density at radius 2 is 1.75 bits per heavy atom. The van der Waals surface area contributed by atoms with E-state index in [9.17, 15) is 4.79 Å². The Bertz CT molecular complexity index is 611. The summed E-state index contributed by atoms with van der Waals surface area (Å²) < 4.78 is 10.9. The molecule has 128 valence electrons. The molecule has 0 fully saturated rings. The third kappa shape index (κ3) is 5.61. The highest BCUT2D eigenvalue weighted by Crippen LogP contribution is 2.19.